The number of hydrogen-bond acceptors (Lipinski definition) is 5. The van der Waals surface area contributed by atoms with Crippen molar-refractivity contribution in [2.24, 2.45) is 4.99 Å². The highest BCUT2D eigenvalue weighted by Gasteiger charge is 2.44. The minimum atomic E-state index is -0.182. The van der Waals surface area contributed by atoms with Crippen LogP contribution in [0.5, 0.6) is 0 Å². The fourth-order valence-electron chi connectivity index (χ4n) is 5.05. The summed E-state index contributed by atoms with van der Waals surface area (Å²) >= 11 is 0. The summed E-state index contributed by atoms with van der Waals surface area (Å²) in [5, 5.41) is 3.73. The summed E-state index contributed by atoms with van der Waals surface area (Å²) in [7, 11) is 1.49. The first-order valence-corrected chi connectivity index (χ1v) is 11.6. The van der Waals surface area contributed by atoms with Crippen molar-refractivity contribution >= 4 is 11.9 Å². The van der Waals surface area contributed by atoms with E-state index in [2.05, 4.69) is 24.1 Å². The van der Waals surface area contributed by atoms with Crippen molar-refractivity contribution in [1.29, 1.82) is 0 Å². The number of methoxy groups -OCH3 is 1. The number of carbonyl (C=O) groups is 1. The van der Waals surface area contributed by atoms with Gasteiger partial charge in [0.2, 0.25) is 0 Å². The van der Waals surface area contributed by atoms with Gasteiger partial charge in [-0.1, -0.05) is 65.2 Å². The number of nitrogens with zero attached hydrogens (tertiary/aromatic N) is 2. The summed E-state index contributed by atoms with van der Waals surface area (Å²) in [4.78, 5) is 19.9. The van der Waals surface area contributed by atoms with Crippen LogP contribution in [-0.2, 0) is 9.53 Å². The fraction of sp³-hybridized carbons (Fsp3) is 0.826. The second-order valence-corrected chi connectivity index (χ2v) is 8.66. The Morgan fingerprint density at radius 3 is 2.57 bits per heavy atom. The zero-order valence-electron chi connectivity index (χ0n) is 18.1. The molecule has 5 heteroatoms. The topological polar surface area (TPSA) is 53.9 Å². The van der Waals surface area contributed by atoms with Gasteiger partial charge in [-0.25, -0.2) is 9.79 Å². The van der Waals surface area contributed by atoms with Gasteiger partial charge in [-0.05, 0) is 32.1 Å². The fourth-order valence-corrected chi connectivity index (χ4v) is 5.05. The molecule has 0 aromatic heterocycles. The maximum Gasteiger partial charge on any atom is 0.337 e. The monoisotopic (exact) mass is 389 g/mol. The van der Waals surface area contributed by atoms with Crippen LogP contribution in [0, 0.1) is 0 Å². The van der Waals surface area contributed by atoms with Crippen LogP contribution in [-0.4, -0.2) is 42.1 Å². The third-order valence-electron chi connectivity index (χ3n) is 6.55. The van der Waals surface area contributed by atoms with E-state index in [-0.39, 0.29) is 12.0 Å². The molecule has 3 rings (SSSR count). The highest BCUT2D eigenvalue weighted by atomic mass is 16.5. The lowest BCUT2D eigenvalue weighted by molar-refractivity contribution is -0.136. The van der Waals surface area contributed by atoms with Gasteiger partial charge in [0, 0.05) is 17.8 Å². The molecule has 0 radical (unpaired) electrons. The van der Waals surface area contributed by atoms with Gasteiger partial charge in [0.1, 0.15) is 0 Å². The van der Waals surface area contributed by atoms with Crippen molar-refractivity contribution in [1.82, 2.24) is 10.2 Å². The lowest BCUT2D eigenvalue weighted by Crippen LogP contribution is -2.56. The predicted octanol–water partition coefficient (Wildman–Crippen LogP) is 4.92. The first-order chi connectivity index (χ1) is 13.7. The van der Waals surface area contributed by atoms with Gasteiger partial charge in [-0.15, -0.1) is 0 Å². The molecule has 1 N–H and O–H groups in total. The Labute approximate surface area is 171 Å². The van der Waals surface area contributed by atoms with Crippen LogP contribution in [0.15, 0.2) is 16.3 Å². The standard InChI is InChI=1S/C23H39N3O2/c1-4-6-8-9-11-12-17-16-18-14-15-20-21(22(27)28-3)19(13-10-7-5-2)25-23(24-17)26(18)20/h17-19H,4-16H2,1-3H3,(H,24,25)/t17-,18+,19+/m0/s1. The van der Waals surface area contributed by atoms with Crippen LogP contribution in [0.1, 0.15) is 97.3 Å². The molecule has 0 spiro atoms. The number of guanidine groups is 1. The molecule has 0 aromatic rings. The SMILES string of the molecule is CCCCCCC[C@H]1C[C@H]2CCC3=C(C(=O)OC)[C@@H](CCCCC)N=C(N1)N32. The normalized spacial score (nSPS) is 26.0. The Bertz CT molecular complexity index is 599. The molecular formula is C23H39N3O2. The Hall–Kier alpha value is -1.52. The number of rotatable bonds is 11. The molecule has 3 aliphatic heterocycles. The van der Waals surface area contributed by atoms with Crippen molar-refractivity contribution in [3.63, 3.8) is 0 Å². The average molecular weight is 390 g/mol. The molecule has 0 aromatic carbocycles. The number of esters is 1. The van der Waals surface area contributed by atoms with Crippen molar-refractivity contribution in [3.8, 4) is 0 Å². The number of ether oxygens (including phenoxy) is 1. The number of allylic oxidation sites excluding steroid dienone is 1. The van der Waals surface area contributed by atoms with E-state index in [4.69, 9.17) is 9.73 Å². The van der Waals surface area contributed by atoms with E-state index in [1.54, 1.807) is 0 Å². The molecule has 0 saturated carbocycles. The van der Waals surface area contributed by atoms with Crippen LogP contribution in [0.2, 0.25) is 0 Å². The zero-order chi connectivity index (χ0) is 19.9. The van der Waals surface area contributed by atoms with Crippen LogP contribution in [0.3, 0.4) is 0 Å². The van der Waals surface area contributed by atoms with Crippen LogP contribution in [0.25, 0.3) is 0 Å². The second kappa shape index (κ2) is 10.3. The van der Waals surface area contributed by atoms with Crippen LogP contribution >= 0.6 is 0 Å². The van der Waals surface area contributed by atoms with E-state index < -0.39 is 0 Å². The maximum absolute atomic E-state index is 12.6. The van der Waals surface area contributed by atoms with E-state index in [1.807, 2.05) is 0 Å². The van der Waals surface area contributed by atoms with Gasteiger partial charge in [0.25, 0.3) is 0 Å². The van der Waals surface area contributed by atoms with Crippen LogP contribution < -0.4 is 5.32 Å². The van der Waals surface area contributed by atoms with Gasteiger partial charge in [0.05, 0.1) is 18.7 Å². The Balaban J connectivity index is 1.70. The summed E-state index contributed by atoms with van der Waals surface area (Å²) < 4.78 is 5.15. The third kappa shape index (κ3) is 4.72. The minimum absolute atomic E-state index is 0.0465. The van der Waals surface area contributed by atoms with E-state index >= 15 is 0 Å². The molecule has 28 heavy (non-hydrogen) atoms. The summed E-state index contributed by atoms with van der Waals surface area (Å²) in [6, 6.07) is 0.971. The molecule has 0 unspecified atom stereocenters. The summed E-state index contributed by atoms with van der Waals surface area (Å²) in [6.45, 7) is 4.48. The first kappa shape index (κ1) is 21.2. The van der Waals surface area contributed by atoms with Gasteiger partial charge in [-0.2, -0.15) is 0 Å². The van der Waals surface area contributed by atoms with E-state index in [0.29, 0.717) is 12.1 Å². The zero-order valence-corrected chi connectivity index (χ0v) is 18.1. The Morgan fingerprint density at radius 1 is 1.11 bits per heavy atom. The molecular weight excluding hydrogens is 350 g/mol. The predicted molar refractivity (Wildman–Crippen MR) is 114 cm³/mol. The van der Waals surface area contributed by atoms with E-state index in [1.165, 1.54) is 64.2 Å². The highest BCUT2D eigenvalue weighted by Crippen LogP contribution is 2.40. The third-order valence-corrected chi connectivity index (χ3v) is 6.55. The van der Waals surface area contributed by atoms with Gasteiger partial charge >= 0.3 is 5.97 Å². The summed E-state index contributed by atoms with van der Waals surface area (Å²) in [5.74, 6) is 0.842. The Morgan fingerprint density at radius 2 is 1.82 bits per heavy atom. The number of nitrogens with one attached hydrogen (secondary N) is 1. The molecule has 0 bridgehead atoms. The lowest BCUT2D eigenvalue weighted by atomic mass is 9.95. The molecule has 5 nitrogen and oxygen atoms in total. The minimum Gasteiger partial charge on any atom is -0.466 e. The summed E-state index contributed by atoms with van der Waals surface area (Å²) in [6.07, 6.45) is 15.5. The van der Waals surface area contributed by atoms with Crippen molar-refractivity contribution in [2.45, 2.75) is 115 Å². The number of unbranched alkanes of at least 4 members (excludes halogenated alkanes) is 6. The van der Waals surface area contributed by atoms with Crippen molar-refractivity contribution in [3.05, 3.63) is 11.3 Å². The number of hydrogen-bond donors (Lipinski definition) is 1. The first-order valence-electron chi connectivity index (χ1n) is 11.6. The number of aliphatic imine (C=N–C) groups is 1. The average Bonchev–Trinajstić information content (AvgIpc) is 3.12. The maximum atomic E-state index is 12.6. The quantitative estimate of drug-likeness (QED) is 0.402. The molecule has 158 valence electrons. The smallest absolute Gasteiger partial charge is 0.337 e. The molecule has 2 fully saturated rings. The molecule has 3 heterocycles. The molecule has 2 saturated heterocycles. The van der Waals surface area contributed by atoms with E-state index in [9.17, 15) is 4.79 Å². The van der Waals surface area contributed by atoms with Gasteiger partial charge in [0.15, 0.2) is 5.96 Å². The van der Waals surface area contributed by atoms with Gasteiger partial charge < -0.3 is 15.0 Å². The molecule has 3 aliphatic rings. The van der Waals surface area contributed by atoms with E-state index in [0.717, 1.165) is 43.6 Å². The van der Waals surface area contributed by atoms with Crippen molar-refractivity contribution < 1.29 is 9.53 Å². The highest BCUT2D eigenvalue weighted by molar-refractivity contribution is 5.95. The van der Waals surface area contributed by atoms with Crippen LogP contribution in [0.4, 0.5) is 0 Å². The number of carbonyl (C=O) groups excluding carboxylic acids is 1. The largest absolute Gasteiger partial charge is 0.466 e. The van der Waals surface area contributed by atoms with Gasteiger partial charge in [-0.3, -0.25) is 0 Å². The van der Waals surface area contributed by atoms with Crippen molar-refractivity contribution in [2.75, 3.05) is 7.11 Å². The molecule has 0 aliphatic carbocycles. The molecule has 0 amide bonds. The summed E-state index contributed by atoms with van der Waals surface area (Å²) in [5.41, 5.74) is 2.00. The Kier molecular flexibility index (Phi) is 7.81. The lowest BCUT2D eigenvalue weighted by Gasteiger charge is -2.42. The second-order valence-electron chi connectivity index (χ2n) is 8.66. The molecule has 3 atom stereocenters.